The maximum atomic E-state index is 14.4. The third-order valence-corrected chi connectivity index (χ3v) is 8.14. The number of amides is 1. The Morgan fingerprint density at radius 3 is 2.55 bits per heavy atom. The van der Waals surface area contributed by atoms with E-state index in [1.807, 2.05) is 25.1 Å². The zero-order valence-electron chi connectivity index (χ0n) is 17.7. The van der Waals surface area contributed by atoms with Gasteiger partial charge in [-0.05, 0) is 67.4 Å². The van der Waals surface area contributed by atoms with Gasteiger partial charge in [0.15, 0.2) is 0 Å². The summed E-state index contributed by atoms with van der Waals surface area (Å²) in [5, 5.41) is 0.388. The van der Waals surface area contributed by atoms with Gasteiger partial charge >= 0.3 is 0 Å². The molecule has 0 saturated carbocycles. The highest BCUT2D eigenvalue weighted by molar-refractivity contribution is 9.10. The molecule has 5 nitrogen and oxygen atoms in total. The molecule has 1 unspecified atom stereocenters. The Morgan fingerprint density at radius 2 is 1.85 bits per heavy atom. The van der Waals surface area contributed by atoms with Crippen LogP contribution in [-0.2, 0) is 27.8 Å². The number of carbonyl (C=O) groups is 1. The van der Waals surface area contributed by atoms with E-state index in [9.17, 15) is 17.6 Å². The van der Waals surface area contributed by atoms with Crippen molar-refractivity contribution in [1.82, 2.24) is 4.31 Å². The lowest BCUT2D eigenvalue weighted by molar-refractivity contribution is -0.119. The average Bonchev–Trinajstić information content (AvgIpc) is 3.09. The van der Waals surface area contributed by atoms with E-state index in [2.05, 4.69) is 15.9 Å². The van der Waals surface area contributed by atoms with E-state index in [1.165, 1.54) is 42.5 Å². The topological polar surface area (TPSA) is 57.7 Å². The van der Waals surface area contributed by atoms with Gasteiger partial charge in [-0.2, -0.15) is 4.31 Å². The van der Waals surface area contributed by atoms with E-state index in [4.69, 9.17) is 11.6 Å². The fourth-order valence-electron chi connectivity index (χ4n) is 4.00. The molecule has 1 aliphatic heterocycles. The van der Waals surface area contributed by atoms with Crippen molar-refractivity contribution in [3.63, 3.8) is 0 Å². The number of hydrogen-bond acceptors (Lipinski definition) is 3. The summed E-state index contributed by atoms with van der Waals surface area (Å²) < 4.78 is 43.2. The predicted molar refractivity (Wildman–Crippen MR) is 130 cm³/mol. The number of anilines is 1. The number of benzene rings is 3. The quantitative estimate of drug-likeness (QED) is 0.412. The van der Waals surface area contributed by atoms with Crippen LogP contribution in [-0.4, -0.2) is 31.2 Å². The van der Waals surface area contributed by atoms with E-state index in [1.54, 1.807) is 11.0 Å². The van der Waals surface area contributed by atoms with Crippen LogP contribution in [0.15, 0.2) is 76.1 Å². The van der Waals surface area contributed by atoms with E-state index in [-0.39, 0.29) is 29.0 Å². The highest BCUT2D eigenvalue weighted by Crippen LogP contribution is 2.34. The molecule has 1 atom stereocenters. The second-order valence-corrected chi connectivity index (χ2v) is 11.2. The molecule has 0 radical (unpaired) electrons. The number of rotatable bonds is 6. The van der Waals surface area contributed by atoms with Gasteiger partial charge in [0.2, 0.25) is 15.9 Å². The Kier molecular flexibility index (Phi) is 6.91. The molecule has 0 saturated heterocycles. The first-order valence-corrected chi connectivity index (χ1v) is 12.9. The summed E-state index contributed by atoms with van der Waals surface area (Å²) in [4.78, 5) is 15.0. The molecule has 4 rings (SSSR count). The fourth-order valence-corrected chi connectivity index (χ4v) is 5.91. The maximum absolute atomic E-state index is 14.4. The lowest BCUT2D eigenvalue weighted by Crippen LogP contribution is -2.44. The molecule has 172 valence electrons. The minimum atomic E-state index is -4.11. The van der Waals surface area contributed by atoms with Crippen LogP contribution >= 0.6 is 27.5 Å². The van der Waals surface area contributed by atoms with Crippen molar-refractivity contribution >= 4 is 49.1 Å². The second-order valence-electron chi connectivity index (χ2n) is 7.91. The Hall–Kier alpha value is -2.26. The summed E-state index contributed by atoms with van der Waals surface area (Å²) in [6.07, 6.45) is 0.664. The number of hydrogen-bond donors (Lipinski definition) is 0. The smallest absolute Gasteiger partial charge is 0.243 e. The lowest BCUT2D eigenvalue weighted by Gasteiger charge is -2.28. The largest absolute Gasteiger partial charge is 0.308 e. The van der Waals surface area contributed by atoms with E-state index < -0.39 is 22.4 Å². The SMILES string of the molecule is CC1Cc2cc(Br)ccc2N1C(=O)CN(Cc1ccccc1F)S(=O)(=O)c1ccc(Cl)cc1. The number of fused-ring (bicyclic) bond motifs is 1. The molecule has 1 heterocycles. The highest BCUT2D eigenvalue weighted by atomic mass is 79.9. The van der Waals surface area contributed by atoms with Gasteiger partial charge in [-0.15, -0.1) is 0 Å². The normalized spacial score (nSPS) is 15.7. The van der Waals surface area contributed by atoms with Crippen molar-refractivity contribution in [2.24, 2.45) is 0 Å². The van der Waals surface area contributed by atoms with Crippen LogP contribution in [0.4, 0.5) is 10.1 Å². The monoisotopic (exact) mass is 550 g/mol. The number of carbonyl (C=O) groups excluding carboxylic acids is 1. The van der Waals surface area contributed by atoms with Gasteiger partial charge in [0, 0.05) is 33.3 Å². The molecule has 0 spiro atoms. The molecule has 0 bridgehead atoms. The zero-order chi connectivity index (χ0) is 23.8. The Morgan fingerprint density at radius 1 is 1.15 bits per heavy atom. The minimum absolute atomic E-state index is 0.0187. The van der Waals surface area contributed by atoms with Gasteiger partial charge in [0.1, 0.15) is 5.82 Å². The van der Waals surface area contributed by atoms with Gasteiger partial charge in [-0.3, -0.25) is 4.79 Å². The van der Waals surface area contributed by atoms with E-state index >= 15 is 0 Å². The molecular formula is C24H21BrClFN2O3S. The van der Waals surface area contributed by atoms with Gasteiger partial charge in [-0.25, -0.2) is 12.8 Å². The first-order valence-electron chi connectivity index (χ1n) is 10.3. The van der Waals surface area contributed by atoms with Crippen LogP contribution in [0.25, 0.3) is 0 Å². The Labute approximate surface area is 206 Å². The summed E-state index contributed by atoms with van der Waals surface area (Å²) in [5.41, 5.74) is 1.94. The molecule has 0 N–H and O–H groups in total. The molecule has 33 heavy (non-hydrogen) atoms. The molecule has 1 aliphatic rings. The third kappa shape index (κ3) is 4.99. The molecule has 9 heteroatoms. The maximum Gasteiger partial charge on any atom is 0.243 e. The standard InChI is InChI=1S/C24H21BrClFN2O3S/c1-16-12-18-13-19(25)6-11-23(18)29(16)24(30)15-28(14-17-4-2-3-5-22(17)27)33(31,32)21-9-7-20(26)8-10-21/h2-11,13,16H,12,14-15H2,1H3. The number of halogens is 3. The van der Waals surface area contributed by atoms with Crippen molar-refractivity contribution in [3.05, 3.63) is 93.2 Å². The van der Waals surface area contributed by atoms with Crippen LogP contribution in [0.2, 0.25) is 5.02 Å². The van der Waals surface area contributed by atoms with Crippen LogP contribution in [0.1, 0.15) is 18.1 Å². The first kappa shape index (κ1) is 23.9. The van der Waals surface area contributed by atoms with Gasteiger partial charge in [0.25, 0.3) is 0 Å². The zero-order valence-corrected chi connectivity index (χ0v) is 20.9. The van der Waals surface area contributed by atoms with Crippen molar-refractivity contribution < 1.29 is 17.6 Å². The minimum Gasteiger partial charge on any atom is -0.308 e. The summed E-state index contributed by atoms with van der Waals surface area (Å²) in [6.45, 7) is 1.21. The Bertz CT molecular complexity index is 1300. The molecule has 3 aromatic carbocycles. The fraction of sp³-hybridized carbons (Fsp3) is 0.208. The third-order valence-electron chi connectivity index (χ3n) is 5.59. The first-order chi connectivity index (χ1) is 15.7. The predicted octanol–water partition coefficient (Wildman–Crippen LogP) is 5.41. The molecule has 1 amide bonds. The highest BCUT2D eigenvalue weighted by Gasteiger charge is 2.35. The lowest BCUT2D eigenvalue weighted by atomic mass is 10.1. The molecule has 0 aliphatic carbocycles. The Balaban J connectivity index is 1.69. The number of nitrogens with zero attached hydrogens (tertiary/aromatic N) is 2. The van der Waals surface area contributed by atoms with E-state index in [0.29, 0.717) is 11.4 Å². The van der Waals surface area contributed by atoms with Crippen molar-refractivity contribution in [1.29, 1.82) is 0 Å². The van der Waals surface area contributed by atoms with Crippen molar-refractivity contribution in [2.75, 3.05) is 11.4 Å². The average molecular weight is 552 g/mol. The second kappa shape index (κ2) is 9.54. The van der Waals surface area contributed by atoms with Crippen LogP contribution in [0.5, 0.6) is 0 Å². The van der Waals surface area contributed by atoms with Gasteiger partial charge in [0.05, 0.1) is 11.4 Å². The van der Waals surface area contributed by atoms with E-state index in [0.717, 1.165) is 20.0 Å². The van der Waals surface area contributed by atoms with Crippen molar-refractivity contribution in [3.8, 4) is 0 Å². The molecule has 0 fully saturated rings. The van der Waals surface area contributed by atoms with Gasteiger partial charge < -0.3 is 4.90 Å². The van der Waals surface area contributed by atoms with Crippen LogP contribution < -0.4 is 4.90 Å². The molecular weight excluding hydrogens is 531 g/mol. The van der Waals surface area contributed by atoms with Gasteiger partial charge in [-0.1, -0.05) is 45.7 Å². The van der Waals surface area contributed by atoms with Crippen LogP contribution in [0.3, 0.4) is 0 Å². The summed E-state index contributed by atoms with van der Waals surface area (Å²) >= 11 is 9.36. The molecule has 3 aromatic rings. The summed E-state index contributed by atoms with van der Waals surface area (Å²) in [5.74, 6) is -0.913. The summed E-state index contributed by atoms with van der Waals surface area (Å²) in [6, 6.07) is 17.1. The number of sulfonamides is 1. The van der Waals surface area contributed by atoms with Crippen molar-refractivity contribution in [2.45, 2.75) is 30.8 Å². The van der Waals surface area contributed by atoms with Crippen LogP contribution in [0, 0.1) is 5.82 Å². The summed E-state index contributed by atoms with van der Waals surface area (Å²) in [7, 11) is -4.11. The molecule has 0 aromatic heterocycles.